The lowest BCUT2D eigenvalue weighted by Crippen LogP contribution is -2.37. The summed E-state index contributed by atoms with van der Waals surface area (Å²) in [6, 6.07) is 2.13. The Kier molecular flexibility index (Phi) is 4.14. The molecule has 1 atom stereocenters. The molecule has 2 heterocycles. The number of amides is 1. The summed E-state index contributed by atoms with van der Waals surface area (Å²) < 4.78 is 1.66. The molecule has 1 aromatic heterocycles. The van der Waals surface area contributed by atoms with E-state index in [0.29, 0.717) is 12.6 Å². The lowest BCUT2D eigenvalue weighted by Gasteiger charge is -2.24. The van der Waals surface area contributed by atoms with Crippen LogP contribution in [0.2, 0.25) is 0 Å². The Morgan fingerprint density at radius 1 is 1.53 bits per heavy atom. The standard InChI is InChI=1S/C12H19N3O2/c16-9-2-5-11-4-1-8-15(11)12(17)10-14-7-3-6-13-14/h3,6-7,11,16H,1-2,4-5,8-10H2. The van der Waals surface area contributed by atoms with Gasteiger partial charge in [-0.15, -0.1) is 0 Å². The van der Waals surface area contributed by atoms with Gasteiger partial charge < -0.3 is 10.0 Å². The Balaban J connectivity index is 1.89. The third-order valence-corrected chi connectivity index (χ3v) is 3.25. The number of likely N-dealkylation sites (tertiary alicyclic amines) is 1. The van der Waals surface area contributed by atoms with Crippen molar-refractivity contribution in [3.63, 3.8) is 0 Å². The van der Waals surface area contributed by atoms with Gasteiger partial charge in [0.2, 0.25) is 5.91 Å². The highest BCUT2D eigenvalue weighted by Gasteiger charge is 2.27. The minimum absolute atomic E-state index is 0.133. The fraction of sp³-hybridized carbons (Fsp3) is 0.667. The number of hydrogen-bond acceptors (Lipinski definition) is 3. The third kappa shape index (κ3) is 3.06. The summed E-state index contributed by atoms with van der Waals surface area (Å²) in [7, 11) is 0. The molecule has 1 N–H and O–H groups in total. The first-order valence-electron chi connectivity index (χ1n) is 6.19. The molecule has 1 unspecified atom stereocenters. The Hall–Kier alpha value is -1.36. The van der Waals surface area contributed by atoms with Crippen LogP contribution in [-0.4, -0.2) is 44.9 Å². The first-order chi connectivity index (χ1) is 8.31. The van der Waals surface area contributed by atoms with Crippen molar-refractivity contribution in [1.82, 2.24) is 14.7 Å². The number of aliphatic hydroxyl groups is 1. The van der Waals surface area contributed by atoms with Crippen LogP contribution in [0.4, 0.5) is 0 Å². The van der Waals surface area contributed by atoms with Gasteiger partial charge in [0.05, 0.1) is 0 Å². The Morgan fingerprint density at radius 3 is 3.12 bits per heavy atom. The summed E-state index contributed by atoms with van der Waals surface area (Å²) in [6.45, 7) is 1.37. The molecule has 0 spiro atoms. The number of rotatable bonds is 5. The van der Waals surface area contributed by atoms with Crippen molar-refractivity contribution >= 4 is 5.91 Å². The molecule has 1 amide bonds. The van der Waals surface area contributed by atoms with Crippen LogP contribution in [0.5, 0.6) is 0 Å². The van der Waals surface area contributed by atoms with Crippen LogP contribution in [-0.2, 0) is 11.3 Å². The number of aromatic nitrogens is 2. The third-order valence-electron chi connectivity index (χ3n) is 3.25. The van der Waals surface area contributed by atoms with Gasteiger partial charge in [-0.2, -0.15) is 5.10 Å². The topological polar surface area (TPSA) is 58.4 Å². The fourth-order valence-corrected chi connectivity index (χ4v) is 2.41. The lowest BCUT2D eigenvalue weighted by atomic mass is 10.1. The highest BCUT2D eigenvalue weighted by molar-refractivity contribution is 5.76. The monoisotopic (exact) mass is 237 g/mol. The smallest absolute Gasteiger partial charge is 0.244 e. The van der Waals surface area contributed by atoms with Gasteiger partial charge in [0.15, 0.2) is 0 Å². The van der Waals surface area contributed by atoms with Crippen molar-refractivity contribution in [1.29, 1.82) is 0 Å². The lowest BCUT2D eigenvalue weighted by molar-refractivity contribution is -0.133. The zero-order chi connectivity index (χ0) is 12.1. The summed E-state index contributed by atoms with van der Waals surface area (Å²) in [5.41, 5.74) is 0. The van der Waals surface area contributed by atoms with Crippen molar-refractivity contribution in [3.8, 4) is 0 Å². The van der Waals surface area contributed by atoms with Crippen LogP contribution in [0.3, 0.4) is 0 Å². The van der Waals surface area contributed by atoms with E-state index in [1.165, 1.54) is 0 Å². The highest BCUT2D eigenvalue weighted by atomic mass is 16.3. The molecule has 0 radical (unpaired) electrons. The van der Waals surface area contributed by atoms with Gasteiger partial charge >= 0.3 is 0 Å². The van der Waals surface area contributed by atoms with Gasteiger partial charge in [0.1, 0.15) is 6.54 Å². The quantitative estimate of drug-likeness (QED) is 0.818. The molecular formula is C12H19N3O2. The fourth-order valence-electron chi connectivity index (χ4n) is 2.41. The van der Waals surface area contributed by atoms with Crippen molar-refractivity contribution in [2.24, 2.45) is 0 Å². The van der Waals surface area contributed by atoms with E-state index in [1.54, 1.807) is 17.1 Å². The molecule has 1 aromatic rings. The summed E-state index contributed by atoms with van der Waals surface area (Å²) in [5, 5.41) is 12.9. The van der Waals surface area contributed by atoms with Gasteiger partial charge in [0, 0.05) is 31.6 Å². The Bertz CT molecular complexity index is 351. The predicted molar refractivity (Wildman–Crippen MR) is 63.3 cm³/mol. The molecule has 0 aliphatic carbocycles. The molecule has 1 aliphatic heterocycles. The molecule has 1 aliphatic rings. The number of carbonyl (C=O) groups excluding carboxylic acids is 1. The van der Waals surface area contributed by atoms with Crippen molar-refractivity contribution in [3.05, 3.63) is 18.5 Å². The normalized spacial score (nSPS) is 19.8. The molecule has 0 saturated carbocycles. The second kappa shape index (κ2) is 5.82. The maximum Gasteiger partial charge on any atom is 0.244 e. The number of aliphatic hydroxyl groups excluding tert-OH is 1. The molecule has 17 heavy (non-hydrogen) atoms. The summed E-state index contributed by atoms with van der Waals surface area (Å²) >= 11 is 0. The maximum absolute atomic E-state index is 12.1. The van der Waals surface area contributed by atoms with Crippen molar-refractivity contribution in [2.45, 2.75) is 38.3 Å². The minimum Gasteiger partial charge on any atom is -0.396 e. The van der Waals surface area contributed by atoms with E-state index < -0.39 is 0 Å². The van der Waals surface area contributed by atoms with Gasteiger partial charge in [-0.1, -0.05) is 0 Å². The van der Waals surface area contributed by atoms with E-state index in [0.717, 1.165) is 32.2 Å². The van der Waals surface area contributed by atoms with E-state index in [-0.39, 0.29) is 12.5 Å². The average Bonchev–Trinajstić information content (AvgIpc) is 2.96. The van der Waals surface area contributed by atoms with Crippen molar-refractivity contribution < 1.29 is 9.90 Å². The molecule has 2 rings (SSSR count). The van der Waals surface area contributed by atoms with Crippen LogP contribution in [0.25, 0.3) is 0 Å². The SMILES string of the molecule is O=C(Cn1cccn1)N1CCCC1CCCO. The first-order valence-corrected chi connectivity index (χ1v) is 6.19. The Labute approximate surface area is 101 Å². The van der Waals surface area contributed by atoms with Crippen LogP contribution >= 0.6 is 0 Å². The number of hydrogen-bond donors (Lipinski definition) is 1. The predicted octanol–water partition coefficient (Wildman–Crippen LogP) is 0.647. The van der Waals surface area contributed by atoms with Gasteiger partial charge in [0.25, 0.3) is 0 Å². The largest absolute Gasteiger partial charge is 0.396 e. The minimum atomic E-state index is 0.133. The molecular weight excluding hydrogens is 218 g/mol. The second-order valence-corrected chi connectivity index (χ2v) is 4.45. The van der Waals surface area contributed by atoms with E-state index >= 15 is 0 Å². The van der Waals surface area contributed by atoms with Gasteiger partial charge in [-0.25, -0.2) is 0 Å². The number of carbonyl (C=O) groups is 1. The van der Waals surface area contributed by atoms with Crippen molar-refractivity contribution in [2.75, 3.05) is 13.2 Å². The van der Waals surface area contributed by atoms with Gasteiger partial charge in [-0.3, -0.25) is 9.48 Å². The Morgan fingerprint density at radius 2 is 2.41 bits per heavy atom. The van der Waals surface area contributed by atoms with E-state index in [2.05, 4.69) is 5.10 Å². The zero-order valence-corrected chi connectivity index (χ0v) is 9.96. The molecule has 5 nitrogen and oxygen atoms in total. The second-order valence-electron chi connectivity index (χ2n) is 4.45. The summed E-state index contributed by atoms with van der Waals surface area (Å²) in [4.78, 5) is 14.0. The molecule has 1 saturated heterocycles. The molecule has 0 bridgehead atoms. The van der Waals surface area contributed by atoms with Gasteiger partial charge in [-0.05, 0) is 31.7 Å². The van der Waals surface area contributed by atoms with E-state index in [9.17, 15) is 4.79 Å². The van der Waals surface area contributed by atoms with Crippen LogP contribution in [0.15, 0.2) is 18.5 Å². The highest BCUT2D eigenvalue weighted by Crippen LogP contribution is 2.21. The van der Waals surface area contributed by atoms with E-state index in [4.69, 9.17) is 5.11 Å². The molecule has 0 aromatic carbocycles. The number of nitrogens with zero attached hydrogens (tertiary/aromatic N) is 3. The van der Waals surface area contributed by atoms with Crippen LogP contribution in [0.1, 0.15) is 25.7 Å². The average molecular weight is 237 g/mol. The molecule has 1 fully saturated rings. The first kappa shape index (κ1) is 12.1. The molecule has 5 heteroatoms. The molecule has 94 valence electrons. The van der Waals surface area contributed by atoms with Crippen LogP contribution in [0, 0.1) is 0 Å². The maximum atomic E-state index is 12.1. The summed E-state index contributed by atoms with van der Waals surface area (Å²) in [5.74, 6) is 0.133. The van der Waals surface area contributed by atoms with Crippen LogP contribution < -0.4 is 0 Å². The zero-order valence-electron chi connectivity index (χ0n) is 9.96. The van der Waals surface area contributed by atoms with E-state index in [1.807, 2.05) is 11.0 Å². The summed E-state index contributed by atoms with van der Waals surface area (Å²) in [6.07, 6.45) is 7.29.